The first-order valence-electron chi connectivity index (χ1n) is 9.86. The van der Waals surface area contributed by atoms with Gasteiger partial charge in [-0.2, -0.15) is 0 Å². The molecule has 1 fully saturated rings. The van der Waals surface area contributed by atoms with Crippen LogP contribution in [0.1, 0.15) is 37.9 Å². The number of rotatable bonds is 5. The van der Waals surface area contributed by atoms with E-state index < -0.39 is 23.4 Å². The van der Waals surface area contributed by atoms with Gasteiger partial charge >= 0.3 is 0 Å². The topological polar surface area (TPSA) is 41.6 Å². The number of morpholine rings is 1. The van der Waals surface area contributed by atoms with Crippen LogP contribution in [0.3, 0.4) is 0 Å². The van der Waals surface area contributed by atoms with E-state index >= 15 is 0 Å². The molecule has 2 aromatic carbocycles. The van der Waals surface area contributed by atoms with E-state index in [-0.39, 0.29) is 23.8 Å². The lowest BCUT2D eigenvalue weighted by Crippen LogP contribution is -2.45. The van der Waals surface area contributed by atoms with Crippen molar-refractivity contribution in [2.75, 3.05) is 18.0 Å². The van der Waals surface area contributed by atoms with E-state index in [2.05, 4.69) is 10.2 Å². The van der Waals surface area contributed by atoms with Crippen LogP contribution in [0.4, 0.5) is 18.9 Å². The molecule has 2 aromatic rings. The normalized spacial score (nSPS) is 20.4. The minimum atomic E-state index is -1.27. The van der Waals surface area contributed by atoms with Crippen LogP contribution < -0.4 is 10.2 Å². The number of nitrogens with zero attached hydrogens (tertiary/aromatic N) is 1. The third-order valence-electron chi connectivity index (χ3n) is 4.97. The molecule has 160 valence electrons. The van der Waals surface area contributed by atoms with Crippen molar-refractivity contribution < 1.29 is 22.7 Å². The van der Waals surface area contributed by atoms with Crippen molar-refractivity contribution in [3.8, 4) is 0 Å². The van der Waals surface area contributed by atoms with Gasteiger partial charge in [-0.3, -0.25) is 4.79 Å². The maximum absolute atomic E-state index is 13.7. The number of anilines is 1. The maximum Gasteiger partial charge on any atom is 0.244 e. The molecule has 30 heavy (non-hydrogen) atoms. The Morgan fingerprint density at radius 2 is 1.77 bits per heavy atom. The number of ether oxygens (including phenoxy) is 1. The van der Waals surface area contributed by atoms with E-state index in [1.807, 2.05) is 45.0 Å². The van der Waals surface area contributed by atoms with Crippen LogP contribution >= 0.6 is 0 Å². The fourth-order valence-electron chi connectivity index (χ4n) is 3.56. The number of carbonyl (C=O) groups excluding carboxylic acids is 1. The Kier molecular flexibility index (Phi) is 6.82. The first-order valence-corrected chi connectivity index (χ1v) is 9.86. The molecule has 1 amide bonds. The molecule has 0 unspecified atom stereocenters. The van der Waals surface area contributed by atoms with Gasteiger partial charge in [-0.15, -0.1) is 0 Å². The minimum Gasteiger partial charge on any atom is -0.372 e. The largest absolute Gasteiger partial charge is 0.372 e. The predicted octanol–water partition coefficient (Wildman–Crippen LogP) is 4.61. The maximum atomic E-state index is 13.7. The molecular formula is C23H25F3N2O2. The highest BCUT2D eigenvalue weighted by Crippen LogP contribution is 2.24. The highest BCUT2D eigenvalue weighted by atomic mass is 19.2. The summed E-state index contributed by atoms with van der Waals surface area (Å²) in [6.07, 6.45) is 2.49. The Morgan fingerprint density at radius 3 is 2.47 bits per heavy atom. The Labute approximate surface area is 174 Å². The molecule has 1 aliphatic rings. The quantitative estimate of drug-likeness (QED) is 0.570. The molecule has 7 heteroatoms. The van der Waals surface area contributed by atoms with Crippen LogP contribution in [-0.2, 0) is 9.53 Å². The average molecular weight is 418 g/mol. The third kappa shape index (κ3) is 5.42. The van der Waals surface area contributed by atoms with Crippen LogP contribution in [0.25, 0.3) is 6.08 Å². The van der Waals surface area contributed by atoms with Crippen LogP contribution in [0.15, 0.2) is 42.5 Å². The molecule has 0 aliphatic carbocycles. The molecule has 0 radical (unpaired) electrons. The number of hydrogen-bond donors (Lipinski definition) is 1. The van der Waals surface area contributed by atoms with Crippen molar-refractivity contribution in [3.63, 3.8) is 0 Å². The standard InChI is InChI=1S/C23H25F3N2O2/c1-14-12-28(13-15(2)30-14)19-6-4-5-17(9-19)16(3)27-23(29)8-7-18-10-21(25)22(26)11-20(18)24/h4-11,14-16H,12-13H2,1-3H3,(H,27,29)/t14-,15+,16-/m1/s1. The lowest BCUT2D eigenvalue weighted by atomic mass is 10.1. The molecule has 0 spiro atoms. The molecule has 4 nitrogen and oxygen atoms in total. The van der Waals surface area contributed by atoms with E-state index in [0.29, 0.717) is 12.1 Å². The summed E-state index contributed by atoms with van der Waals surface area (Å²) in [6, 6.07) is 8.77. The fourth-order valence-corrected chi connectivity index (χ4v) is 3.56. The highest BCUT2D eigenvalue weighted by molar-refractivity contribution is 5.92. The predicted molar refractivity (Wildman–Crippen MR) is 111 cm³/mol. The van der Waals surface area contributed by atoms with Crippen LogP contribution in [0, 0.1) is 17.5 Å². The minimum absolute atomic E-state index is 0.136. The summed E-state index contributed by atoms with van der Waals surface area (Å²) in [6.45, 7) is 7.50. The Bertz CT molecular complexity index is 938. The van der Waals surface area contributed by atoms with Crippen molar-refractivity contribution >= 4 is 17.7 Å². The number of amides is 1. The van der Waals surface area contributed by atoms with Crippen molar-refractivity contribution in [1.82, 2.24) is 5.32 Å². The van der Waals surface area contributed by atoms with Crippen molar-refractivity contribution in [2.45, 2.75) is 39.0 Å². The molecule has 3 rings (SSSR count). The number of halogens is 3. The molecule has 1 N–H and O–H groups in total. The van der Waals surface area contributed by atoms with Gasteiger partial charge in [-0.25, -0.2) is 13.2 Å². The molecule has 0 bridgehead atoms. The van der Waals surface area contributed by atoms with Gasteiger partial charge in [0.1, 0.15) is 5.82 Å². The summed E-state index contributed by atoms with van der Waals surface area (Å²) >= 11 is 0. The number of nitrogens with one attached hydrogen (secondary N) is 1. The van der Waals surface area contributed by atoms with Crippen LogP contribution in [0.5, 0.6) is 0 Å². The van der Waals surface area contributed by atoms with Crippen LogP contribution in [-0.4, -0.2) is 31.2 Å². The van der Waals surface area contributed by atoms with E-state index in [1.165, 1.54) is 0 Å². The summed E-state index contributed by atoms with van der Waals surface area (Å²) in [7, 11) is 0. The van der Waals surface area contributed by atoms with Gasteiger partial charge in [0.25, 0.3) is 0 Å². The zero-order valence-electron chi connectivity index (χ0n) is 17.2. The summed E-state index contributed by atoms with van der Waals surface area (Å²) in [5.41, 5.74) is 1.77. The second kappa shape index (κ2) is 9.34. The van der Waals surface area contributed by atoms with E-state index in [1.54, 1.807) is 0 Å². The highest BCUT2D eigenvalue weighted by Gasteiger charge is 2.22. The summed E-state index contributed by atoms with van der Waals surface area (Å²) < 4.78 is 45.7. The smallest absolute Gasteiger partial charge is 0.244 e. The number of carbonyl (C=O) groups is 1. The lowest BCUT2D eigenvalue weighted by molar-refractivity contribution is -0.117. The Hall–Kier alpha value is -2.80. The van der Waals surface area contributed by atoms with Gasteiger partial charge in [0.15, 0.2) is 11.6 Å². The molecule has 1 aliphatic heterocycles. The fraction of sp³-hybridized carbons (Fsp3) is 0.348. The molecule has 1 heterocycles. The zero-order chi connectivity index (χ0) is 21.8. The molecule has 0 saturated carbocycles. The van der Waals surface area contributed by atoms with Gasteiger partial charge < -0.3 is 15.0 Å². The number of hydrogen-bond acceptors (Lipinski definition) is 3. The first-order chi connectivity index (χ1) is 14.2. The number of benzene rings is 2. The van der Waals surface area contributed by atoms with Crippen molar-refractivity contribution in [2.24, 2.45) is 0 Å². The van der Waals surface area contributed by atoms with Crippen molar-refractivity contribution in [3.05, 3.63) is 71.1 Å². The molecular weight excluding hydrogens is 393 g/mol. The van der Waals surface area contributed by atoms with E-state index in [0.717, 1.165) is 36.5 Å². The lowest BCUT2D eigenvalue weighted by Gasteiger charge is -2.37. The molecule has 0 aromatic heterocycles. The SMILES string of the molecule is C[C@@H]1CN(c2cccc([C@@H](C)NC(=O)C=Cc3cc(F)c(F)cc3F)c2)C[C@H](C)O1. The molecule has 1 saturated heterocycles. The Balaban J connectivity index is 1.66. The van der Waals surface area contributed by atoms with Gasteiger partial charge in [-0.05, 0) is 50.6 Å². The summed E-state index contributed by atoms with van der Waals surface area (Å²) in [5.74, 6) is -3.85. The van der Waals surface area contributed by atoms with Crippen molar-refractivity contribution in [1.29, 1.82) is 0 Å². The molecule has 3 atom stereocenters. The van der Waals surface area contributed by atoms with Gasteiger partial charge in [-0.1, -0.05) is 12.1 Å². The first kappa shape index (κ1) is 21.9. The van der Waals surface area contributed by atoms with E-state index in [4.69, 9.17) is 4.74 Å². The second-order valence-electron chi connectivity index (χ2n) is 7.61. The van der Waals surface area contributed by atoms with E-state index in [9.17, 15) is 18.0 Å². The average Bonchev–Trinajstić information content (AvgIpc) is 2.69. The summed E-state index contributed by atoms with van der Waals surface area (Å²) in [5, 5.41) is 2.80. The van der Waals surface area contributed by atoms with Crippen LogP contribution in [0.2, 0.25) is 0 Å². The monoisotopic (exact) mass is 418 g/mol. The Morgan fingerprint density at radius 1 is 1.10 bits per heavy atom. The third-order valence-corrected chi connectivity index (χ3v) is 4.97. The zero-order valence-corrected chi connectivity index (χ0v) is 17.2. The summed E-state index contributed by atoms with van der Waals surface area (Å²) in [4.78, 5) is 14.5. The van der Waals surface area contributed by atoms with Gasteiger partial charge in [0.05, 0.1) is 18.2 Å². The second-order valence-corrected chi connectivity index (χ2v) is 7.61. The van der Waals surface area contributed by atoms with Gasteiger partial charge in [0, 0.05) is 36.5 Å². The van der Waals surface area contributed by atoms with Gasteiger partial charge in [0.2, 0.25) is 5.91 Å².